The highest BCUT2D eigenvalue weighted by Gasteiger charge is 2.31. The molecule has 1 aliphatic heterocycles. The van der Waals surface area contributed by atoms with Gasteiger partial charge in [-0.2, -0.15) is 10.4 Å². The molecule has 0 fully saturated rings. The Labute approximate surface area is 177 Å². The molecule has 30 heavy (non-hydrogen) atoms. The van der Waals surface area contributed by atoms with Crippen LogP contribution in [-0.4, -0.2) is 52.9 Å². The summed E-state index contributed by atoms with van der Waals surface area (Å²) in [6, 6.07) is 8.14. The van der Waals surface area contributed by atoms with Crippen molar-refractivity contribution in [1.29, 1.82) is 5.26 Å². The lowest BCUT2D eigenvalue weighted by Crippen LogP contribution is -2.47. The Kier molecular flexibility index (Phi) is 6.23. The molecule has 0 bridgehead atoms. The largest absolute Gasteiger partial charge is 0.453 e. The Bertz CT molecular complexity index is 1040. The maximum Gasteiger partial charge on any atom is 0.411 e. The number of anilines is 1. The van der Waals surface area contributed by atoms with E-state index < -0.39 is 12.0 Å². The molecule has 10 nitrogen and oxygen atoms in total. The summed E-state index contributed by atoms with van der Waals surface area (Å²) < 4.78 is 6.26. The van der Waals surface area contributed by atoms with Gasteiger partial charge in [-0.25, -0.2) is 4.79 Å². The van der Waals surface area contributed by atoms with Crippen LogP contribution in [0.15, 0.2) is 24.3 Å². The van der Waals surface area contributed by atoms with E-state index in [9.17, 15) is 14.4 Å². The fraction of sp³-hybridized carbons (Fsp3) is 0.316. The van der Waals surface area contributed by atoms with Crippen molar-refractivity contribution < 1.29 is 19.1 Å². The molecule has 1 atom stereocenters. The fourth-order valence-electron chi connectivity index (χ4n) is 3.12. The summed E-state index contributed by atoms with van der Waals surface area (Å²) in [6.07, 6.45) is -0.933. The monoisotopic (exact) mass is 430 g/mol. The second kappa shape index (κ2) is 8.84. The van der Waals surface area contributed by atoms with Crippen LogP contribution in [0.5, 0.6) is 0 Å². The Morgan fingerprint density at radius 2 is 2.17 bits per heavy atom. The van der Waals surface area contributed by atoms with Gasteiger partial charge in [0.25, 0.3) is 5.91 Å². The van der Waals surface area contributed by atoms with Gasteiger partial charge in [0.2, 0.25) is 5.91 Å². The number of amides is 3. The summed E-state index contributed by atoms with van der Waals surface area (Å²) in [5.41, 5.74) is 1.78. The maximum absolute atomic E-state index is 12.9. The molecule has 156 valence electrons. The molecule has 0 spiro atoms. The number of hydrogen-bond donors (Lipinski definition) is 2. The zero-order valence-corrected chi connectivity index (χ0v) is 17.1. The number of aromatic nitrogens is 2. The number of ether oxygens (including phenoxy) is 1. The number of rotatable bonds is 5. The van der Waals surface area contributed by atoms with Crippen LogP contribution in [0.2, 0.25) is 5.02 Å². The van der Waals surface area contributed by atoms with Crippen molar-refractivity contribution in [1.82, 2.24) is 20.0 Å². The number of benzene rings is 1. The van der Waals surface area contributed by atoms with Crippen LogP contribution in [0, 0.1) is 11.3 Å². The Hall–Kier alpha value is -3.58. The van der Waals surface area contributed by atoms with Crippen molar-refractivity contribution in [3.8, 4) is 17.3 Å². The Balaban J connectivity index is 1.90. The number of methoxy groups -OCH3 is 1. The highest BCUT2D eigenvalue weighted by Crippen LogP contribution is 2.32. The van der Waals surface area contributed by atoms with Gasteiger partial charge < -0.3 is 15.0 Å². The molecule has 0 radical (unpaired) electrons. The number of nitriles is 1. The quantitative estimate of drug-likeness (QED) is 0.749. The summed E-state index contributed by atoms with van der Waals surface area (Å²) in [6.45, 7) is 2.24. The second-order valence-electron chi connectivity index (χ2n) is 6.64. The summed E-state index contributed by atoms with van der Waals surface area (Å²) in [7, 11) is 1.25. The van der Waals surface area contributed by atoms with E-state index in [0.29, 0.717) is 34.2 Å². The molecule has 11 heteroatoms. The van der Waals surface area contributed by atoms with Crippen molar-refractivity contribution in [2.75, 3.05) is 25.6 Å². The number of hydrogen-bond acceptors (Lipinski definition) is 6. The van der Waals surface area contributed by atoms with Gasteiger partial charge in [-0.1, -0.05) is 11.6 Å². The van der Waals surface area contributed by atoms with Crippen LogP contribution >= 0.6 is 11.6 Å². The van der Waals surface area contributed by atoms with E-state index in [1.54, 1.807) is 35.0 Å². The summed E-state index contributed by atoms with van der Waals surface area (Å²) >= 11 is 6.05. The van der Waals surface area contributed by atoms with Gasteiger partial charge in [0.05, 0.1) is 37.3 Å². The van der Waals surface area contributed by atoms with E-state index in [2.05, 4.69) is 20.5 Å². The number of carbonyl (C=O) groups excluding carboxylic acids is 3. The van der Waals surface area contributed by atoms with Gasteiger partial charge in [0.1, 0.15) is 12.1 Å². The molecule has 3 rings (SSSR count). The van der Waals surface area contributed by atoms with Crippen molar-refractivity contribution >= 4 is 35.2 Å². The highest BCUT2D eigenvalue weighted by atomic mass is 35.5. The first-order valence-corrected chi connectivity index (χ1v) is 9.39. The van der Waals surface area contributed by atoms with Crippen LogP contribution in [0.4, 0.5) is 10.5 Å². The predicted molar refractivity (Wildman–Crippen MR) is 108 cm³/mol. The number of carbonyl (C=O) groups is 3. The molecule has 1 aromatic carbocycles. The van der Waals surface area contributed by atoms with E-state index in [0.717, 1.165) is 0 Å². The zero-order valence-electron chi connectivity index (χ0n) is 16.3. The van der Waals surface area contributed by atoms with Crippen LogP contribution in [-0.2, 0) is 9.53 Å². The molecule has 0 saturated carbocycles. The topological polar surface area (TPSA) is 129 Å². The molecule has 0 saturated heterocycles. The Morgan fingerprint density at radius 1 is 1.40 bits per heavy atom. The van der Waals surface area contributed by atoms with Crippen molar-refractivity contribution in [2.45, 2.75) is 19.4 Å². The van der Waals surface area contributed by atoms with Crippen LogP contribution in [0.25, 0.3) is 11.3 Å². The van der Waals surface area contributed by atoms with Gasteiger partial charge in [0, 0.05) is 17.1 Å². The third-order valence-electron chi connectivity index (χ3n) is 4.53. The molecule has 1 aliphatic rings. The van der Waals surface area contributed by atoms with E-state index in [-0.39, 0.29) is 25.0 Å². The third-order valence-corrected chi connectivity index (χ3v) is 4.77. The average Bonchev–Trinajstić information content (AvgIpc) is 3.16. The number of fused-ring (bicyclic) bond motifs is 1. The smallest absolute Gasteiger partial charge is 0.411 e. The molecular weight excluding hydrogens is 412 g/mol. The van der Waals surface area contributed by atoms with Crippen molar-refractivity contribution in [3.05, 3.63) is 35.0 Å². The van der Waals surface area contributed by atoms with Crippen LogP contribution in [0.1, 0.15) is 29.9 Å². The van der Waals surface area contributed by atoms with Gasteiger partial charge in [0.15, 0.2) is 0 Å². The lowest BCUT2D eigenvalue weighted by molar-refractivity contribution is -0.120. The van der Waals surface area contributed by atoms with Gasteiger partial charge in [-0.05, 0) is 31.2 Å². The standard InChI is InChI=1S/C19H19ClN6O4/c1-11-9-25(10-22-17(27)5-6-21)18(28)16-8-15(24-26(11)16)13-4-3-12(20)7-14(13)23-19(29)30-2/h3-4,7-8,11H,5,9-10H2,1-2H3,(H,22,27)(H,23,29)/t11-/m0/s1. The van der Waals surface area contributed by atoms with E-state index in [1.165, 1.54) is 12.0 Å². The zero-order chi connectivity index (χ0) is 21.8. The first-order chi connectivity index (χ1) is 14.3. The SMILES string of the molecule is COC(=O)Nc1cc(Cl)ccc1-c1cc2n(n1)[C@@H](C)CN(CNC(=O)CC#N)C2=O. The predicted octanol–water partition coefficient (Wildman–Crippen LogP) is 2.39. The fourth-order valence-corrected chi connectivity index (χ4v) is 3.29. The van der Waals surface area contributed by atoms with Gasteiger partial charge in [-0.3, -0.25) is 19.6 Å². The Morgan fingerprint density at radius 3 is 2.87 bits per heavy atom. The number of halogens is 1. The van der Waals surface area contributed by atoms with E-state index in [4.69, 9.17) is 16.9 Å². The first kappa shape index (κ1) is 21.1. The molecule has 0 aliphatic carbocycles. The minimum atomic E-state index is -0.661. The minimum absolute atomic E-state index is 0.000289. The van der Waals surface area contributed by atoms with E-state index >= 15 is 0 Å². The number of nitrogens with zero attached hydrogens (tertiary/aromatic N) is 4. The summed E-state index contributed by atoms with van der Waals surface area (Å²) in [4.78, 5) is 37.6. The molecule has 2 heterocycles. The van der Waals surface area contributed by atoms with E-state index in [1.807, 2.05) is 6.92 Å². The molecular formula is C19H19ClN6O4. The lowest BCUT2D eigenvalue weighted by atomic mass is 10.1. The molecule has 2 aromatic rings. The average molecular weight is 431 g/mol. The van der Waals surface area contributed by atoms with Crippen molar-refractivity contribution in [2.24, 2.45) is 0 Å². The third kappa shape index (κ3) is 4.36. The normalized spacial score (nSPS) is 15.2. The molecule has 3 amide bonds. The summed E-state index contributed by atoms with van der Waals surface area (Å²) in [5.74, 6) is -0.752. The second-order valence-corrected chi connectivity index (χ2v) is 7.07. The van der Waals surface area contributed by atoms with Crippen LogP contribution < -0.4 is 10.6 Å². The number of nitrogens with one attached hydrogen (secondary N) is 2. The van der Waals surface area contributed by atoms with Crippen LogP contribution in [0.3, 0.4) is 0 Å². The lowest BCUT2D eigenvalue weighted by Gasteiger charge is -2.31. The molecule has 2 N–H and O–H groups in total. The molecule has 0 unspecified atom stereocenters. The minimum Gasteiger partial charge on any atom is -0.453 e. The first-order valence-electron chi connectivity index (χ1n) is 9.01. The highest BCUT2D eigenvalue weighted by molar-refractivity contribution is 6.31. The van der Waals surface area contributed by atoms with Gasteiger partial charge in [-0.15, -0.1) is 0 Å². The molecule has 1 aromatic heterocycles. The van der Waals surface area contributed by atoms with Crippen molar-refractivity contribution in [3.63, 3.8) is 0 Å². The van der Waals surface area contributed by atoms with Gasteiger partial charge >= 0.3 is 6.09 Å². The summed E-state index contributed by atoms with van der Waals surface area (Å²) in [5, 5.41) is 18.7. The maximum atomic E-state index is 12.9.